The first-order chi connectivity index (χ1) is 8.17. The molecule has 1 amide bonds. The highest BCUT2D eigenvalue weighted by molar-refractivity contribution is 5.78. The molecular weight excluding hydrogens is 220 g/mol. The molecule has 0 spiro atoms. The third-order valence-corrected chi connectivity index (χ3v) is 2.85. The van der Waals surface area contributed by atoms with Gasteiger partial charge in [0.15, 0.2) is 0 Å². The Labute approximate surface area is 102 Å². The molecule has 0 aromatic carbocycles. The fourth-order valence-electron chi connectivity index (χ4n) is 2.00. The van der Waals surface area contributed by atoms with Gasteiger partial charge in [-0.1, -0.05) is 6.08 Å². The summed E-state index contributed by atoms with van der Waals surface area (Å²) in [4.78, 5) is 24.9. The monoisotopic (exact) mass is 240 g/mol. The lowest BCUT2D eigenvalue weighted by Gasteiger charge is -2.30. The van der Waals surface area contributed by atoms with E-state index in [9.17, 15) is 9.59 Å². The molecule has 0 unspecified atom stereocenters. The molecule has 0 radical (unpaired) electrons. The van der Waals surface area contributed by atoms with Crippen molar-refractivity contribution in [2.75, 3.05) is 33.3 Å². The van der Waals surface area contributed by atoms with E-state index in [1.807, 2.05) is 4.90 Å². The van der Waals surface area contributed by atoms with E-state index in [1.165, 1.54) is 7.11 Å². The molecule has 0 aromatic heterocycles. The number of likely N-dealkylation sites (tertiary alicyclic amines) is 1. The molecule has 1 saturated heterocycles. The van der Waals surface area contributed by atoms with Crippen molar-refractivity contribution in [1.82, 2.24) is 10.2 Å². The Morgan fingerprint density at radius 1 is 1.59 bits per heavy atom. The van der Waals surface area contributed by atoms with Crippen molar-refractivity contribution in [2.45, 2.75) is 12.8 Å². The third kappa shape index (κ3) is 4.56. The number of piperidine rings is 1. The van der Waals surface area contributed by atoms with Crippen LogP contribution in [0.15, 0.2) is 12.7 Å². The van der Waals surface area contributed by atoms with Crippen LogP contribution in [0.3, 0.4) is 0 Å². The summed E-state index contributed by atoms with van der Waals surface area (Å²) in [6.45, 7) is 5.81. The Kier molecular flexibility index (Phi) is 5.69. The highest BCUT2D eigenvalue weighted by Gasteiger charge is 2.27. The van der Waals surface area contributed by atoms with Crippen LogP contribution >= 0.6 is 0 Å². The number of carbonyl (C=O) groups excluding carboxylic acids is 2. The van der Waals surface area contributed by atoms with Gasteiger partial charge in [0.1, 0.15) is 0 Å². The number of ether oxygens (including phenoxy) is 1. The fraction of sp³-hybridized carbons (Fsp3) is 0.667. The zero-order valence-electron chi connectivity index (χ0n) is 10.3. The summed E-state index contributed by atoms with van der Waals surface area (Å²) in [6.07, 6.45) is 3.41. The van der Waals surface area contributed by atoms with Gasteiger partial charge in [-0.15, -0.1) is 6.58 Å². The molecule has 0 aliphatic carbocycles. The number of hydrogen-bond acceptors (Lipinski definition) is 4. The summed E-state index contributed by atoms with van der Waals surface area (Å²) >= 11 is 0. The number of rotatable bonds is 5. The molecule has 0 bridgehead atoms. The number of amides is 1. The second-order valence-corrected chi connectivity index (χ2v) is 4.19. The van der Waals surface area contributed by atoms with Crippen molar-refractivity contribution in [1.29, 1.82) is 0 Å². The minimum absolute atomic E-state index is 0.0320. The summed E-state index contributed by atoms with van der Waals surface area (Å²) in [5.41, 5.74) is 0. The number of carbonyl (C=O) groups is 2. The minimum atomic E-state index is -0.179. The predicted octanol–water partition coefficient (Wildman–Crippen LogP) is 0.174. The quantitative estimate of drug-likeness (QED) is 0.550. The summed E-state index contributed by atoms with van der Waals surface area (Å²) in [6, 6.07) is 0. The molecule has 1 N–H and O–H groups in total. The molecule has 1 aliphatic heterocycles. The molecule has 5 nitrogen and oxygen atoms in total. The Bertz CT molecular complexity index is 291. The Morgan fingerprint density at radius 3 is 3.00 bits per heavy atom. The first-order valence-corrected chi connectivity index (χ1v) is 5.85. The van der Waals surface area contributed by atoms with Crippen LogP contribution in [-0.2, 0) is 14.3 Å². The number of methoxy groups -OCH3 is 1. The predicted molar refractivity (Wildman–Crippen MR) is 64.4 cm³/mol. The van der Waals surface area contributed by atoms with Crippen molar-refractivity contribution in [3.8, 4) is 0 Å². The second kappa shape index (κ2) is 7.06. The van der Waals surface area contributed by atoms with Crippen LogP contribution in [0, 0.1) is 5.92 Å². The van der Waals surface area contributed by atoms with E-state index in [4.69, 9.17) is 4.74 Å². The van der Waals surface area contributed by atoms with Crippen molar-refractivity contribution in [3.05, 3.63) is 12.7 Å². The summed E-state index contributed by atoms with van der Waals surface area (Å²) in [5, 5.41) is 2.72. The lowest BCUT2D eigenvalue weighted by molar-refractivity contribution is -0.147. The number of nitrogens with zero attached hydrogens (tertiary/aromatic N) is 1. The van der Waals surface area contributed by atoms with E-state index in [0.29, 0.717) is 19.6 Å². The van der Waals surface area contributed by atoms with Crippen molar-refractivity contribution in [3.63, 3.8) is 0 Å². The normalized spacial score (nSPS) is 20.6. The van der Waals surface area contributed by atoms with E-state index >= 15 is 0 Å². The molecule has 96 valence electrons. The largest absolute Gasteiger partial charge is 0.469 e. The van der Waals surface area contributed by atoms with E-state index in [1.54, 1.807) is 6.08 Å². The first-order valence-electron chi connectivity index (χ1n) is 5.85. The van der Waals surface area contributed by atoms with Crippen LogP contribution < -0.4 is 5.32 Å². The Hall–Kier alpha value is -1.36. The van der Waals surface area contributed by atoms with Crippen molar-refractivity contribution >= 4 is 11.9 Å². The van der Waals surface area contributed by atoms with Gasteiger partial charge in [0.05, 0.1) is 19.6 Å². The average Bonchev–Trinajstić information content (AvgIpc) is 2.35. The highest BCUT2D eigenvalue weighted by atomic mass is 16.5. The summed E-state index contributed by atoms with van der Waals surface area (Å²) in [5.74, 6) is -0.308. The fourth-order valence-corrected chi connectivity index (χ4v) is 2.00. The van der Waals surface area contributed by atoms with Gasteiger partial charge in [-0.25, -0.2) is 0 Å². The number of nitrogens with one attached hydrogen (secondary N) is 1. The molecular formula is C12H20N2O3. The van der Waals surface area contributed by atoms with Crippen LogP contribution in [0.1, 0.15) is 12.8 Å². The molecule has 1 aliphatic rings. The van der Waals surface area contributed by atoms with Gasteiger partial charge in [-0.05, 0) is 19.4 Å². The Morgan fingerprint density at radius 2 is 2.35 bits per heavy atom. The maximum absolute atomic E-state index is 11.5. The van der Waals surface area contributed by atoms with Gasteiger partial charge in [0.25, 0.3) is 0 Å². The zero-order valence-corrected chi connectivity index (χ0v) is 10.3. The van der Waals surface area contributed by atoms with E-state index in [2.05, 4.69) is 11.9 Å². The van der Waals surface area contributed by atoms with Crippen molar-refractivity contribution < 1.29 is 14.3 Å². The lowest BCUT2D eigenvalue weighted by atomic mass is 9.98. The van der Waals surface area contributed by atoms with Crippen LogP contribution in [-0.4, -0.2) is 50.1 Å². The highest BCUT2D eigenvalue weighted by Crippen LogP contribution is 2.17. The van der Waals surface area contributed by atoms with Gasteiger partial charge < -0.3 is 10.1 Å². The van der Waals surface area contributed by atoms with Gasteiger partial charge in [0, 0.05) is 13.1 Å². The van der Waals surface area contributed by atoms with E-state index in [-0.39, 0.29) is 17.8 Å². The van der Waals surface area contributed by atoms with Gasteiger partial charge in [-0.2, -0.15) is 0 Å². The maximum atomic E-state index is 11.5. The van der Waals surface area contributed by atoms with Crippen molar-refractivity contribution in [2.24, 2.45) is 5.92 Å². The molecule has 17 heavy (non-hydrogen) atoms. The second-order valence-electron chi connectivity index (χ2n) is 4.19. The maximum Gasteiger partial charge on any atom is 0.309 e. The summed E-state index contributed by atoms with van der Waals surface area (Å²) < 4.78 is 4.73. The minimum Gasteiger partial charge on any atom is -0.469 e. The lowest BCUT2D eigenvalue weighted by Crippen LogP contribution is -2.44. The van der Waals surface area contributed by atoms with E-state index in [0.717, 1.165) is 19.4 Å². The molecule has 1 heterocycles. The standard InChI is InChI=1S/C12H20N2O3/c1-3-6-13-11(15)9-14-7-4-5-10(8-14)12(16)17-2/h3,10H,1,4-9H2,2H3,(H,13,15)/t10-/m0/s1. The van der Waals surface area contributed by atoms with Crippen LogP contribution in [0.25, 0.3) is 0 Å². The topological polar surface area (TPSA) is 58.6 Å². The van der Waals surface area contributed by atoms with Gasteiger partial charge in [-0.3, -0.25) is 14.5 Å². The van der Waals surface area contributed by atoms with Gasteiger partial charge in [0.2, 0.25) is 5.91 Å². The van der Waals surface area contributed by atoms with Crippen LogP contribution in [0.4, 0.5) is 0 Å². The molecule has 0 saturated carbocycles. The molecule has 1 fully saturated rings. The average molecular weight is 240 g/mol. The smallest absolute Gasteiger partial charge is 0.309 e. The first kappa shape index (κ1) is 13.7. The van der Waals surface area contributed by atoms with Crippen LogP contribution in [0.2, 0.25) is 0 Å². The number of esters is 1. The molecule has 0 aromatic rings. The zero-order chi connectivity index (χ0) is 12.7. The molecule has 1 rings (SSSR count). The SMILES string of the molecule is C=CCNC(=O)CN1CCC[C@H](C(=O)OC)C1. The molecule has 5 heteroatoms. The van der Waals surface area contributed by atoms with Gasteiger partial charge >= 0.3 is 5.97 Å². The third-order valence-electron chi connectivity index (χ3n) is 2.85. The van der Waals surface area contributed by atoms with Crippen LogP contribution in [0.5, 0.6) is 0 Å². The Balaban J connectivity index is 2.36. The van der Waals surface area contributed by atoms with E-state index < -0.39 is 0 Å². The number of hydrogen-bond donors (Lipinski definition) is 1. The molecule has 1 atom stereocenters. The summed E-state index contributed by atoms with van der Waals surface area (Å²) in [7, 11) is 1.40.